The second-order valence-electron chi connectivity index (χ2n) is 5.64. The molecule has 1 aliphatic heterocycles. The van der Waals surface area contributed by atoms with Gasteiger partial charge in [0, 0.05) is 12.1 Å². The van der Waals surface area contributed by atoms with Gasteiger partial charge in [0.05, 0.1) is 16.7 Å². The molecule has 2 heterocycles. The molecule has 0 unspecified atom stereocenters. The summed E-state index contributed by atoms with van der Waals surface area (Å²) in [6, 6.07) is 8.50. The first-order chi connectivity index (χ1) is 11.0. The van der Waals surface area contributed by atoms with Gasteiger partial charge in [0.1, 0.15) is 0 Å². The highest BCUT2D eigenvalue weighted by atomic mass is 32.2. The molecule has 3 rings (SSSR count). The maximum atomic E-state index is 12.8. The molecule has 0 radical (unpaired) electrons. The Balaban J connectivity index is 1.83. The van der Waals surface area contributed by atoms with Crippen molar-refractivity contribution in [2.75, 3.05) is 12.3 Å². The van der Waals surface area contributed by atoms with Gasteiger partial charge in [-0.1, -0.05) is 6.92 Å². The van der Waals surface area contributed by atoms with Crippen LogP contribution in [0.2, 0.25) is 0 Å². The lowest BCUT2D eigenvalue weighted by atomic mass is 10.1. The quantitative estimate of drug-likeness (QED) is 0.849. The first-order valence-corrected chi connectivity index (χ1v) is 10.3. The topological polar surface area (TPSA) is 54.5 Å². The Morgan fingerprint density at radius 2 is 2.00 bits per heavy atom. The van der Waals surface area contributed by atoms with Gasteiger partial charge in [-0.3, -0.25) is 4.79 Å². The van der Waals surface area contributed by atoms with E-state index < -0.39 is 9.84 Å². The summed E-state index contributed by atoms with van der Waals surface area (Å²) in [7, 11) is -3.23. The van der Waals surface area contributed by atoms with Crippen LogP contribution in [0.15, 0.2) is 46.0 Å². The van der Waals surface area contributed by atoms with Gasteiger partial charge >= 0.3 is 0 Å². The van der Waals surface area contributed by atoms with E-state index in [1.54, 1.807) is 30.4 Å². The number of hydrogen-bond acceptors (Lipinski definition) is 4. The van der Waals surface area contributed by atoms with Crippen LogP contribution in [0, 0.1) is 0 Å². The summed E-state index contributed by atoms with van der Waals surface area (Å²) in [5.74, 6) is 0.0336. The molecule has 1 aromatic carbocycles. The Kier molecular flexibility index (Phi) is 4.55. The van der Waals surface area contributed by atoms with Crippen LogP contribution in [0.1, 0.15) is 41.7 Å². The van der Waals surface area contributed by atoms with Gasteiger partial charge in [-0.15, -0.1) is 0 Å². The molecule has 0 bridgehead atoms. The fourth-order valence-electron chi connectivity index (χ4n) is 2.96. The number of hydrogen-bond donors (Lipinski definition) is 0. The molecule has 0 saturated carbocycles. The maximum absolute atomic E-state index is 12.8. The van der Waals surface area contributed by atoms with Gasteiger partial charge in [0.25, 0.3) is 5.91 Å². The second-order valence-corrected chi connectivity index (χ2v) is 8.70. The molecule has 122 valence electrons. The van der Waals surface area contributed by atoms with Crippen molar-refractivity contribution in [3.8, 4) is 0 Å². The molecule has 4 nitrogen and oxygen atoms in total. The number of carbonyl (C=O) groups is 1. The predicted octanol–water partition coefficient (Wildman–Crippen LogP) is 3.52. The highest BCUT2D eigenvalue weighted by Gasteiger charge is 2.30. The van der Waals surface area contributed by atoms with Crippen molar-refractivity contribution in [2.24, 2.45) is 0 Å². The van der Waals surface area contributed by atoms with Crippen molar-refractivity contribution in [2.45, 2.75) is 30.7 Å². The molecular formula is C17H19NO3S2. The summed E-state index contributed by atoms with van der Waals surface area (Å²) in [5.41, 5.74) is 1.73. The van der Waals surface area contributed by atoms with E-state index in [1.807, 2.05) is 10.3 Å². The normalized spacial score (nSPS) is 18.3. The number of sulfone groups is 1. The Hall–Kier alpha value is -1.66. The third-order valence-electron chi connectivity index (χ3n) is 4.28. The van der Waals surface area contributed by atoms with Crippen molar-refractivity contribution in [1.29, 1.82) is 0 Å². The number of benzene rings is 1. The molecule has 2 aromatic rings. The molecule has 23 heavy (non-hydrogen) atoms. The van der Waals surface area contributed by atoms with E-state index in [2.05, 4.69) is 11.4 Å². The van der Waals surface area contributed by atoms with Gasteiger partial charge in [-0.05, 0) is 59.5 Å². The Morgan fingerprint density at radius 3 is 2.61 bits per heavy atom. The van der Waals surface area contributed by atoms with Crippen LogP contribution in [0.5, 0.6) is 0 Å². The van der Waals surface area contributed by atoms with Crippen molar-refractivity contribution >= 4 is 27.1 Å². The number of carbonyl (C=O) groups excluding carboxylic acids is 1. The highest BCUT2D eigenvalue weighted by Crippen LogP contribution is 2.34. The smallest absolute Gasteiger partial charge is 0.254 e. The number of amides is 1. The van der Waals surface area contributed by atoms with E-state index in [4.69, 9.17) is 0 Å². The zero-order valence-corrected chi connectivity index (χ0v) is 14.6. The van der Waals surface area contributed by atoms with Crippen molar-refractivity contribution in [1.82, 2.24) is 4.90 Å². The zero-order chi connectivity index (χ0) is 16.4. The molecule has 0 aliphatic carbocycles. The fourth-order valence-corrected chi connectivity index (χ4v) is 4.55. The molecule has 0 spiro atoms. The molecule has 1 aliphatic rings. The average molecular weight is 349 g/mol. The highest BCUT2D eigenvalue weighted by molar-refractivity contribution is 7.91. The monoisotopic (exact) mass is 349 g/mol. The van der Waals surface area contributed by atoms with Crippen molar-refractivity contribution in [3.05, 3.63) is 52.2 Å². The first-order valence-electron chi connectivity index (χ1n) is 7.69. The van der Waals surface area contributed by atoms with Crippen LogP contribution in [0.4, 0.5) is 0 Å². The molecular weight excluding hydrogens is 330 g/mol. The van der Waals surface area contributed by atoms with E-state index in [1.165, 1.54) is 17.7 Å². The van der Waals surface area contributed by atoms with Gasteiger partial charge in [-0.25, -0.2) is 8.42 Å². The molecule has 1 saturated heterocycles. The van der Waals surface area contributed by atoms with E-state index in [9.17, 15) is 13.2 Å². The molecule has 6 heteroatoms. The average Bonchev–Trinajstić information content (AvgIpc) is 3.25. The summed E-state index contributed by atoms with van der Waals surface area (Å²) in [4.78, 5) is 14.9. The van der Waals surface area contributed by atoms with Crippen LogP contribution in [0.25, 0.3) is 0 Å². The molecule has 1 amide bonds. The van der Waals surface area contributed by atoms with E-state index >= 15 is 0 Å². The van der Waals surface area contributed by atoms with Crippen LogP contribution in [0.3, 0.4) is 0 Å². The maximum Gasteiger partial charge on any atom is 0.254 e. The third kappa shape index (κ3) is 3.19. The Bertz CT molecular complexity index is 780. The standard InChI is InChI=1S/C17H19NO3S2/c1-2-23(20,21)15-7-5-13(6-8-15)17(19)18-10-3-4-16(18)14-9-11-22-12-14/h5-9,11-12,16H,2-4,10H2,1H3/t16-/m0/s1. The van der Waals surface area contributed by atoms with E-state index in [-0.39, 0.29) is 22.6 Å². The van der Waals surface area contributed by atoms with Gasteiger partial charge in [0.15, 0.2) is 9.84 Å². The largest absolute Gasteiger partial charge is 0.332 e. The minimum atomic E-state index is -3.23. The lowest BCUT2D eigenvalue weighted by Crippen LogP contribution is -2.30. The van der Waals surface area contributed by atoms with Gasteiger partial charge < -0.3 is 4.90 Å². The fraction of sp³-hybridized carbons (Fsp3) is 0.353. The lowest BCUT2D eigenvalue weighted by molar-refractivity contribution is 0.0736. The van der Waals surface area contributed by atoms with E-state index in [0.717, 1.165) is 19.4 Å². The predicted molar refractivity (Wildman–Crippen MR) is 91.5 cm³/mol. The lowest BCUT2D eigenvalue weighted by Gasteiger charge is -2.24. The molecule has 0 N–H and O–H groups in total. The van der Waals surface area contributed by atoms with Crippen LogP contribution in [-0.4, -0.2) is 31.5 Å². The van der Waals surface area contributed by atoms with Crippen LogP contribution in [-0.2, 0) is 9.84 Å². The first kappa shape index (κ1) is 16.2. The number of likely N-dealkylation sites (tertiary alicyclic amines) is 1. The summed E-state index contributed by atoms with van der Waals surface area (Å²) >= 11 is 1.64. The SMILES string of the molecule is CCS(=O)(=O)c1ccc(C(=O)N2CCC[C@H]2c2ccsc2)cc1. The molecule has 1 atom stereocenters. The molecule has 1 fully saturated rings. The number of thiophene rings is 1. The van der Waals surface area contributed by atoms with Gasteiger partial charge in [0.2, 0.25) is 0 Å². The number of rotatable bonds is 4. The number of nitrogens with zero attached hydrogens (tertiary/aromatic N) is 1. The second kappa shape index (κ2) is 6.45. The van der Waals surface area contributed by atoms with Crippen molar-refractivity contribution in [3.63, 3.8) is 0 Å². The zero-order valence-electron chi connectivity index (χ0n) is 12.9. The Morgan fingerprint density at radius 1 is 1.26 bits per heavy atom. The van der Waals surface area contributed by atoms with Crippen molar-refractivity contribution < 1.29 is 13.2 Å². The summed E-state index contributed by atoms with van der Waals surface area (Å²) < 4.78 is 23.7. The summed E-state index contributed by atoms with van der Waals surface area (Å²) in [6.07, 6.45) is 1.97. The summed E-state index contributed by atoms with van der Waals surface area (Å²) in [5, 5.41) is 4.12. The van der Waals surface area contributed by atoms with E-state index in [0.29, 0.717) is 5.56 Å². The van der Waals surface area contributed by atoms with Gasteiger partial charge in [-0.2, -0.15) is 11.3 Å². The van der Waals surface area contributed by atoms with Crippen LogP contribution >= 0.6 is 11.3 Å². The molecule has 1 aromatic heterocycles. The minimum Gasteiger partial charge on any atom is -0.332 e. The minimum absolute atomic E-state index is 0.0286. The van der Waals surface area contributed by atoms with Crippen LogP contribution < -0.4 is 0 Å². The Labute approximate surface area is 140 Å². The third-order valence-corrected chi connectivity index (χ3v) is 6.73. The summed E-state index contributed by atoms with van der Waals surface area (Å²) in [6.45, 7) is 2.36.